The molecule has 0 aliphatic heterocycles. The van der Waals surface area contributed by atoms with Gasteiger partial charge in [0.1, 0.15) is 17.5 Å². The van der Waals surface area contributed by atoms with Crippen LogP contribution in [0.25, 0.3) is 0 Å². The number of hydrogen-bond donors (Lipinski definition) is 1. The lowest BCUT2D eigenvalue weighted by molar-refractivity contribution is -0.142. The molecule has 0 fully saturated rings. The van der Waals surface area contributed by atoms with Crippen molar-refractivity contribution in [1.82, 2.24) is 10.2 Å². The quantitative estimate of drug-likeness (QED) is 0.639. The van der Waals surface area contributed by atoms with Gasteiger partial charge < -0.3 is 19.7 Å². The minimum Gasteiger partial charge on any atom is -0.497 e. The van der Waals surface area contributed by atoms with Crippen molar-refractivity contribution in [1.29, 1.82) is 0 Å². The highest BCUT2D eigenvalue weighted by Gasteiger charge is 2.28. The number of ether oxygens (including phenoxy) is 2. The van der Waals surface area contributed by atoms with Gasteiger partial charge in [-0.15, -0.1) is 0 Å². The third kappa shape index (κ3) is 6.39. The van der Waals surface area contributed by atoms with Crippen molar-refractivity contribution in [2.24, 2.45) is 0 Å². The van der Waals surface area contributed by atoms with Crippen LogP contribution in [0.1, 0.15) is 25.8 Å². The van der Waals surface area contributed by atoms with Gasteiger partial charge in [-0.3, -0.25) is 9.59 Å². The lowest BCUT2D eigenvalue weighted by Gasteiger charge is -2.30. The molecule has 2 amide bonds. The maximum atomic E-state index is 13.0. The average Bonchev–Trinajstić information content (AvgIpc) is 2.73. The molecule has 7 heteroatoms. The van der Waals surface area contributed by atoms with Crippen molar-refractivity contribution in [3.63, 3.8) is 0 Å². The molecule has 0 aliphatic rings. The fraction of sp³-hybridized carbons (Fsp3) is 0.364. The zero-order valence-electron chi connectivity index (χ0n) is 17.0. The molecule has 0 saturated carbocycles. The summed E-state index contributed by atoms with van der Waals surface area (Å²) in [6.45, 7) is 4.29. The molecular formula is C22H27ClN2O4. The van der Waals surface area contributed by atoms with Crippen molar-refractivity contribution in [3.05, 3.63) is 59.1 Å². The molecule has 0 spiro atoms. The smallest absolute Gasteiger partial charge is 0.261 e. The van der Waals surface area contributed by atoms with Gasteiger partial charge in [0.2, 0.25) is 5.91 Å². The van der Waals surface area contributed by atoms with Gasteiger partial charge in [-0.2, -0.15) is 0 Å². The molecule has 0 heterocycles. The second kappa shape index (κ2) is 11.3. The third-order valence-corrected chi connectivity index (χ3v) is 4.75. The SMILES string of the molecule is CCNC(=O)C(CC)N(Cc1ccc(OC)cc1)C(=O)COc1ccccc1Cl. The Kier molecular flexibility index (Phi) is 8.80. The zero-order chi connectivity index (χ0) is 21.2. The molecule has 1 N–H and O–H groups in total. The maximum absolute atomic E-state index is 13.0. The first-order chi connectivity index (χ1) is 14.0. The summed E-state index contributed by atoms with van der Waals surface area (Å²) in [5.41, 5.74) is 0.889. The number of para-hydroxylation sites is 1. The fourth-order valence-corrected chi connectivity index (χ4v) is 3.11. The summed E-state index contributed by atoms with van der Waals surface area (Å²) < 4.78 is 10.8. The highest BCUT2D eigenvalue weighted by Crippen LogP contribution is 2.23. The van der Waals surface area contributed by atoms with Crippen LogP contribution in [0.3, 0.4) is 0 Å². The molecule has 0 aliphatic carbocycles. The summed E-state index contributed by atoms with van der Waals surface area (Å²) in [4.78, 5) is 27.1. The van der Waals surface area contributed by atoms with Gasteiger partial charge in [0, 0.05) is 13.1 Å². The lowest BCUT2D eigenvalue weighted by Crippen LogP contribution is -2.50. The van der Waals surface area contributed by atoms with Gasteiger partial charge in [-0.05, 0) is 43.2 Å². The topological polar surface area (TPSA) is 67.9 Å². The summed E-state index contributed by atoms with van der Waals surface area (Å²) in [5, 5.41) is 3.23. The van der Waals surface area contributed by atoms with E-state index in [0.717, 1.165) is 11.3 Å². The van der Waals surface area contributed by atoms with Gasteiger partial charge in [-0.1, -0.05) is 42.8 Å². The monoisotopic (exact) mass is 418 g/mol. The van der Waals surface area contributed by atoms with E-state index < -0.39 is 6.04 Å². The molecule has 156 valence electrons. The molecule has 0 saturated heterocycles. The summed E-state index contributed by atoms with van der Waals surface area (Å²) in [7, 11) is 1.60. The number of carbonyl (C=O) groups excluding carboxylic acids is 2. The Bertz CT molecular complexity index is 811. The second-order valence-electron chi connectivity index (χ2n) is 6.41. The molecular weight excluding hydrogens is 392 g/mol. The number of methoxy groups -OCH3 is 1. The molecule has 1 unspecified atom stereocenters. The second-order valence-corrected chi connectivity index (χ2v) is 6.81. The summed E-state index contributed by atoms with van der Waals surface area (Å²) in [6, 6.07) is 13.8. The Hall–Kier alpha value is -2.73. The number of hydrogen-bond acceptors (Lipinski definition) is 4. The largest absolute Gasteiger partial charge is 0.497 e. The molecule has 2 aromatic rings. The number of likely N-dealkylation sites (N-methyl/N-ethyl adjacent to an activating group) is 1. The van der Waals surface area contributed by atoms with Crippen molar-refractivity contribution in [2.45, 2.75) is 32.9 Å². The van der Waals surface area contributed by atoms with Crippen LogP contribution < -0.4 is 14.8 Å². The van der Waals surface area contributed by atoms with Gasteiger partial charge >= 0.3 is 0 Å². The predicted molar refractivity (Wildman–Crippen MR) is 113 cm³/mol. The first-order valence-corrected chi connectivity index (χ1v) is 9.95. The predicted octanol–water partition coefficient (Wildman–Crippen LogP) is 3.67. The highest BCUT2D eigenvalue weighted by molar-refractivity contribution is 6.32. The Morgan fingerprint density at radius 1 is 1.10 bits per heavy atom. The molecule has 2 aromatic carbocycles. The van der Waals surface area contributed by atoms with Crippen LogP contribution in [0, 0.1) is 0 Å². The normalized spacial score (nSPS) is 11.4. The van der Waals surface area contributed by atoms with E-state index >= 15 is 0 Å². The van der Waals surface area contributed by atoms with E-state index in [1.54, 1.807) is 36.3 Å². The van der Waals surface area contributed by atoms with Gasteiger partial charge in [-0.25, -0.2) is 0 Å². The van der Waals surface area contributed by atoms with Crippen LogP contribution in [0.4, 0.5) is 0 Å². The molecule has 2 rings (SSSR count). The van der Waals surface area contributed by atoms with E-state index in [0.29, 0.717) is 23.7 Å². The Balaban J connectivity index is 2.20. The van der Waals surface area contributed by atoms with Crippen molar-refractivity contribution < 1.29 is 19.1 Å². The Labute approximate surface area is 176 Å². The van der Waals surface area contributed by atoms with E-state index in [-0.39, 0.29) is 25.0 Å². The van der Waals surface area contributed by atoms with Gasteiger partial charge in [0.05, 0.1) is 12.1 Å². The molecule has 29 heavy (non-hydrogen) atoms. The van der Waals surface area contributed by atoms with Crippen molar-refractivity contribution in [3.8, 4) is 11.5 Å². The van der Waals surface area contributed by atoms with E-state index in [9.17, 15) is 9.59 Å². The molecule has 1 atom stereocenters. The van der Waals surface area contributed by atoms with E-state index in [1.807, 2.05) is 38.1 Å². The fourth-order valence-electron chi connectivity index (χ4n) is 2.92. The molecule has 0 aromatic heterocycles. The van der Waals surface area contributed by atoms with E-state index in [4.69, 9.17) is 21.1 Å². The van der Waals surface area contributed by atoms with Crippen LogP contribution in [0.5, 0.6) is 11.5 Å². The van der Waals surface area contributed by atoms with Crippen molar-refractivity contribution in [2.75, 3.05) is 20.3 Å². The minimum atomic E-state index is -0.598. The van der Waals surface area contributed by atoms with E-state index in [2.05, 4.69) is 5.32 Å². The van der Waals surface area contributed by atoms with Gasteiger partial charge in [0.25, 0.3) is 5.91 Å². The summed E-state index contributed by atoms with van der Waals surface area (Å²) in [5.74, 6) is 0.677. The van der Waals surface area contributed by atoms with Gasteiger partial charge in [0.15, 0.2) is 6.61 Å². The number of nitrogens with zero attached hydrogens (tertiary/aromatic N) is 1. The standard InChI is InChI=1S/C22H27ClN2O4/c1-4-19(22(27)24-5-2)25(14-16-10-12-17(28-3)13-11-16)21(26)15-29-20-9-7-6-8-18(20)23/h6-13,19H,4-5,14-15H2,1-3H3,(H,24,27). The number of benzene rings is 2. The molecule has 0 bridgehead atoms. The number of amides is 2. The summed E-state index contributed by atoms with van der Waals surface area (Å²) >= 11 is 6.10. The van der Waals surface area contributed by atoms with Crippen LogP contribution in [-0.4, -0.2) is 43.0 Å². The van der Waals surface area contributed by atoms with Crippen LogP contribution in [0.15, 0.2) is 48.5 Å². The average molecular weight is 419 g/mol. The van der Waals surface area contributed by atoms with Crippen LogP contribution in [0.2, 0.25) is 5.02 Å². The first kappa shape index (κ1) is 22.6. The maximum Gasteiger partial charge on any atom is 0.261 e. The van der Waals surface area contributed by atoms with Crippen LogP contribution in [-0.2, 0) is 16.1 Å². The minimum absolute atomic E-state index is 0.186. The Morgan fingerprint density at radius 2 is 1.79 bits per heavy atom. The first-order valence-electron chi connectivity index (χ1n) is 9.57. The number of rotatable bonds is 10. The van der Waals surface area contributed by atoms with E-state index in [1.165, 1.54) is 0 Å². The molecule has 0 radical (unpaired) electrons. The lowest BCUT2D eigenvalue weighted by atomic mass is 10.1. The zero-order valence-corrected chi connectivity index (χ0v) is 17.7. The number of nitrogens with one attached hydrogen (secondary N) is 1. The summed E-state index contributed by atoms with van der Waals surface area (Å²) in [6.07, 6.45) is 0.486. The number of carbonyl (C=O) groups is 2. The number of halogens is 1. The van der Waals surface area contributed by atoms with Crippen LogP contribution >= 0.6 is 11.6 Å². The van der Waals surface area contributed by atoms with Crippen molar-refractivity contribution >= 4 is 23.4 Å². The highest BCUT2D eigenvalue weighted by atomic mass is 35.5. The molecule has 6 nitrogen and oxygen atoms in total. The third-order valence-electron chi connectivity index (χ3n) is 4.44. The Morgan fingerprint density at radius 3 is 2.38 bits per heavy atom.